The molecule has 0 saturated carbocycles. The molecule has 0 unspecified atom stereocenters. The summed E-state index contributed by atoms with van der Waals surface area (Å²) in [5.41, 5.74) is 0. The van der Waals surface area contributed by atoms with Gasteiger partial charge in [0, 0.05) is 6.21 Å². The number of aliphatic imine (C=N–C) groups is 2. The maximum Gasteiger partial charge on any atom is 0.218 e. The fraction of sp³-hybridized carbons (Fsp3) is 0.250. The molecule has 0 aliphatic heterocycles. The molecule has 0 spiro atoms. The zero-order chi connectivity index (χ0) is 5.70. The first-order valence-electron chi connectivity index (χ1n) is 1.80. The second-order valence-corrected chi connectivity index (χ2v) is 1.19. The van der Waals surface area contributed by atoms with Crippen LogP contribution in [0.4, 0.5) is 0 Å². The van der Waals surface area contributed by atoms with E-state index in [4.69, 9.17) is 0 Å². The van der Waals surface area contributed by atoms with Gasteiger partial charge in [-0.05, 0) is 25.9 Å². The molecule has 0 amide bonds. The predicted octanol–water partition coefficient (Wildman–Crippen LogP) is 1.06. The molecule has 0 saturated heterocycles. The Kier molecular flexibility index (Phi) is 3.32. The minimum Gasteiger partial charge on any atom is -0.235 e. The van der Waals surface area contributed by atoms with Gasteiger partial charge in [-0.25, -0.2) is 9.98 Å². The lowest BCUT2D eigenvalue weighted by Crippen LogP contribution is -1.78. The summed E-state index contributed by atoms with van der Waals surface area (Å²) in [5, 5.41) is 0.294. The highest BCUT2D eigenvalue weighted by atomic mass is 32.1. The minimum absolute atomic E-state index is 0.294. The van der Waals surface area contributed by atoms with Crippen LogP contribution in [0.3, 0.4) is 0 Å². The maximum absolute atomic E-state index is 4.53. The zero-order valence-electron chi connectivity index (χ0n) is 4.09. The molecule has 0 N–H and O–H groups in total. The second kappa shape index (κ2) is 3.61. The Hall–Kier alpha value is -0.570. The van der Waals surface area contributed by atoms with Crippen LogP contribution >= 0.6 is 12.2 Å². The van der Waals surface area contributed by atoms with Crippen molar-refractivity contribution in [2.45, 2.75) is 6.92 Å². The highest BCUT2D eigenvalue weighted by molar-refractivity contribution is 7.80. The lowest BCUT2D eigenvalue weighted by Gasteiger charge is -1.77. The summed E-state index contributed by atoms with van der Waals surface area (Å²) in [6.07, 6.45) is 1.58. The fourth-order valence-corrected chi connectivity index (χ4v) is 0.257. The molecule has 0 aromatic carbocycles. The van der Waals surface area contributed by atoms with E-state index in [2.05, 4.69) is 28.9 Å². The number of hydrogen-bond donors (Lipinski definition) is 0. The molecule has 0 aromatic rings. The fourth-order valence-electron chi connectivity index (χ4n) is 0.151. The lowest BCUT2D eigenvalue weighted by molar-refractivity contribution is 1.63. The van der Waals surface area contributed by atoms with Crippen molar-refractivity contribution in [3.63, 3.8) is 0 Å². The summed E-state index contributed by atoms with van der Waals surface area (Å²) in [6.45, 7) is 4.95. The van der Waals surface area contributed by atoms with Crippen LogP contribution in [0.5, 0.6) is 0 Å². The van der Waals surface area contributed by atoms with Crippen molar-refractivity contribution in [2.24, 2.45) is 9.98 Å². The topological polar surface area (TPSA) is 24.7 Å². The summed E-state index contributed by atoms with van der Waals surface area (Å²) in [6, 6.07) is 0. The van der Waals surface area contributed by atoms with E-state index in [1.54, 1.807) is 13.1 Å². The Bertz CT molecular complexity index is 106. The van der Waals surface area contributed by atoms with Crippen LogP contribution in [0.25, 0.3) is 0 Å². The third kappa shape index (κ3) is 3.26. The molecule has 3 heteroatoms. The molecular formula is C4H6N2S. The quantitative estimate of drug-likeness (QED) is 0.341. The van der Waals surface area contributed by atoms with Gasteiger partial charge in [-0.3, -0.25) is 0 Å². The van der Waals surface area contributed by atoms with Crippen molar-refractivity contribution in [1.29, 1.82) is 0 Å². The van der Waals surface area contributed by atoms with Gasteiger partial charge in [-0.1, -0.05) is 0 Å². The lowest BCUT2D eigenvalue weighted by atomic mass is 10.9. The third-order valence-corrected chi connectivity index (χ3v) is 0.609. The molecule has 0 fully saturated rings. The molecule has 38 valence electrons. The zero-order valence-corrected chi connectivity index (χ0v) is 4.90. The Balaban J connectivity index is 3.58. The average molecular weight is 114 g/mol. The van der Waals surface area contributed by atoms with Gasteiger partial charge in [0.25, 0.3) is 0 Å². The summed E-state index contributed by atoms with van der Waals surface area (Å²) in [7, 11) is 0. The molecular weight excluding hydrogens is 108 g/mol. The van der Waals surface area contributed by atoms with E-state index in [0.29, 0.717) is 5.11 Å². The Morgan fingerprint density at radius 2 is 2.43 bits per heavy atom. The molecule has 0 aromatic heterocycles. The predicted molar refractivity (Wildman–Crippen MR) is 36.3 cm³/mol. The van der Waals surface area contributed by atoms with Crippen LogP contribution in [0.15, 0.2) is 9.98 Å². The van der Waals surface area contributed by atoms with E-state index < -0.39 is 0 Å². The Morgan fingerprint density at radius 3 is 2.57 bits per heavy atom. The molecule has 0 aliphatic carbocycles. The van der Waals surface area contributed by atoms with Gasteiger partial charge in [0.1, 0.15) is 0 Å². The number of rotatable bonds is 0. The molecule has 0 radical (unpaired) electrons. The highest BCUT2D eigenvalue weighted by Crippen LogP contribution is 1.76. The molecule has 0 heterocycles. The first-order chi connectivity index (χ1) is 3.31. The maximum atomic E-state index is 4.53. The van der Waals surface area contributed by atoms with Gasteiger partial charge in [-0.2, -0.15) is 0 Å². The van der Waals surface area contributed by atoms with E-state index in [-0.39, 0.29) is 0 Å². The molecule has 0 rings (SSSR count). The van der Waals surface area contributed by atoms with E-state index >= 15 is 0 Å². The van der Waals surface area contributed by atoms with Crippen LogP contribution in [-0.4, -0.2) is 18.0 Å². The normalized spacial score (nSPS) is 9.29. The van der Waals surface area contributed by atoms with Crippen molar-refractivity contribution in [1.82, 2.24) is 0 Å². The summed E-state index contributed by atoms with van der Waals surface area (Å²) in [4.78, 5) is 6.98. The number of hydrogen-bond acceptors (Lipinski definition) is 1. The molecule has 7 heavy (non-hydrogen) atoms. The van der Waals surface area contributed by atoms with Gasteiger partial charge >= 0.3 is 0 Å². The molecule has 0 atom stereocenters. The van der Waals surface area contributed by atoms with Crippen LogP contribution < -0.4 is 0 Å². The monoisotopic (exact) mass is 114 g/mol. The Morgan fingerprint density at radius 1 is 1.86 bits per heavy atom. The van der Waals surface area contributed by atoms with Gasteiger partial charge in [0.2, 0.25) is 5.11 Å². The van der Waals surface area contributed by atoms with Gasteiger partial charge in [-0.15, -0.1) is 0 Å². The standard InChI is InChI=1S/C4H6N2S/c1-3-6-4(7)5-2/h3H,2H2,1H3. The second-order valence-electron chi connectivity index (χ2n) is 0.828. The number of thiocarbonyl (C=S) groups is 1. The van der Waals surface area contributed by atoms with Crippen LogP contribution in [0.1, 0.15) is 6.92 Å². The van der Waals surface area contributed by atoms with Gasteiger partial charge in [0.05, 0.1) is 0 Å². The first kappa shape index (κ1) is 6.43. The van der Waals surface area contributed by atoms with E-state index in [1.165, 1.54) is 0 Å². The minimum atomic E-state index is 0.294. The van der Waals surface area contributed by atoms with E-state index in [1.807, 2.05) is 0 Å². The Labute approximate surface area is 48.0 Å². The largest absolute Gasteiger partial charge is 0.235 e. The van der Waals surface area contributed by atoms with Crippen molar-refractivity contribution in [2.75, 3.05) is 0 Å². The summed E-state index contributed by atoms with van der Waals surface area (Å²) >= 11 is 4.53. The number of nitrogens with zero attached hydrogens (tertiary/aromatic N) is 2. The molecule has 2 nitrogen and oxygen atoms in total. The van der Waals surface area contributed by atoms with Crippen LogP contribution in [0.2, 0.25) is 0 Å². The third-order valence-electron chi connectivity index (χ3n) is 0.375. The van der Waals surface area contributed by atoms with Crippen molar-refractivity contribution >= 4 is 30.3 Å². The smallest absolute Gasteiger partial charge is 0.218 e. The first-order valence-corrected chi connectivity index (χ1v) is 2.21. The van der Waals surface area contributed by atoms with Crippen LogP contribution in [0, 0.1) is 0 Å². The van der Waals surface area contributed by atoms with Gasteiger partial charge in [0.15, 0.2) is 0 Å². The molecule has 0 bridgehead atoms. The van der Waals surface area contributed by atoms with E-state index in [0.717, 1.165) is 0 Å². The summed E-state index contributed by atoms with van der Waals surface area (Å²) in [5.74, 6) is 0. The highest BCUT2D eigenvalue weighted by Gasteiger charge is 1.74. The SMILES string of the molecule is C=NC(=S)N=CC. The van der Waals surface area contributed by atoms with Gasteiger partial charge < -0.3 is 0 Å². The van der Waals surface area contributed by atoms with Crippen LogP contribution in [-0.2, 0) is 0 Å². The van der Waals surface area contributed by atoms with E-state index in [9.17, 15) is 0 Å². The van der Waals surface area contributed by atoms with Crippen molar-refractivity contribution in [3.05, 3.63) is 0 Å². The average Bonchev–Trinajstić information content (AvgIpc) is 1.68. The van der Waals surface area contributed by atoms with Crippen molar-refractivity contribution < 1.29 is 0 Å². The van der Waals surface area contributed by atoms with Crippen molar-refractivity contribution in [3.8, 4) is 0 Å². The summed E-state index contributed by atoms with van der Waals surface area (Å²) < 4.78 is 0. The molecule has 0 aliphatic rings.